The first-order chi connectivity index (χ1) is 17.0. The van der Waals surface area contributed by atoms with Crippen molar-refractivity contribution in [2.45, 2.75) is 89.4 Å². The Bertz CT molecular complexity index is 1080. The highest BCUT2D eigenvalue weighted by Crippen LogP contribution is 2.61. The predicted octanol–water partition coefficient (Wildman–Crippen LogP) is 7.29. The highest BCUT2D eigenvalue weighted by molar-refractivity contribution is 7.14. The number of carboxylic acid groups (broad SMARTS) is 1. The van der Waals surface area contributed by atoms with Gasteiger partial charge in [-0.25, -0.2) is 9.78 Å². The summed E-state index contributed by atoms with van der Waals surface area (Å²) in [5.41, 5.74) is 2.14. The Hall–Kier alpha value is -2.21. The molecule has 2 aromatic rings. The minimum absolute atomic E-state index is 0.146. The number of carboxylic acids is 1. The van der Waals surface area contributed by atoms with E-state index in [4.69, 9.17) is 4.98 Å². The van der Waals surface area contributed by atoms with Crippen LogP contribution in [-0.4, -0.2) is 22.0 Å². The van der Waals surface area contributed by atoms with Gasteiger partial charge < -0.3 is 10.4 Å². The van der Waals surface area contributed by atoms with E-state index >= 15 is 0 Å². The molecule has 0 saturated heterocycles. The average molecular weight is 493 g/mol. The van der Waals surface area contributed by atoms with Crippen LogP contribution in [-0.2, 0) is 6.42 Å². The molecule has 0 unspecified atom stereocenters. The lowest BCUT2D eigenvalue weighted by atomic mass is 9.48. The SMILES string of the molecule is O=C(O)c1cccc(NC(=O)c2sc(C3CCCCC3)nc2CCC23CC4CC(CC(C4)C2)C3)c1. The van der Waals surface area contributed by atoms with Gasteiger partial charge in [0.2, 0.25) is 0 Å². The number of hydrogen-bond acceptors (Lipinski definition) is 4. The molecule has 5 aliphatic carbocycles. The van der Waals surface area contributed by atoms with Gasteiger partial charge in [-0.05, 0) is 106 Å². The molecule has 6 heteroatoms. The maximum absolute atomic E-state index is 13.4. The van der Waals surface area contributed by atoms with Gasteiger partial charge in [0.25, 0.3) is 5.91 Å². The fraction of sp³-hybridized carbons (Fsp3) is 0.621. The molecule has 4 bridgehead atoms. The number of anilines is 1. The van der Waals surface area contributed by atoms with Crippen molar-refractivity contribution < 1.29 is 14.7 Å². The van der Waals surface area contributed by atoms with Gasteiger partial charge in [0, 0.05) is 11.6 Å². The Labute approximate surface area is 211 Å². The number of aryl methyl sites for hydroxylation is 1. The van der Waals surface area contributed by atoms with Crippen LogP contribution in [0.1, 0.15) is 114 Å². The van der Waals surface area contributed by atoms with Crippen molar-refractivity contribution in [3.05, 3.63) is 45.4 Å². The van der Waals surface area contributed by atoms with Gasteiger partial charge in [-0.1, -0.05) is 25.3 Å². The molecule has 1 heterocycles. The third-order valence-electron chi connectivity index (χ3n) is 9.30. The van der Waals surface area contributed by atoms with E-state index in [0.29, 0.717) is 17.0 Å². The van der Waals surface area contributed by atoms with Crippen LogP contribution in [0, 0.1) is 23.2 Å². The predicted molar refractivity (Wildman–Crippen MR) is 138 cm³/mol. The van der Waals surface area contributed by atoms with Crippen molar-refractivity contribution in [3.8, 4) is 0 Å². The summed E-state index contributed by atoms with van der Waals surface area (Å²) in [6, 6.07) is 6.50. The van der Waals surface area contributed by atoms with Crippen molar-refractivity contribution in [1.82, 2.24) is 4.98 Å². The molecule has 35 heavy (non-hydrogen) atoms. The molecule has 0 atom stereocenters. The molecule has 5 saturated carbocycles. The number of amides is 1. The molecular weight excluding hydrogens is 456 g/mol. The number of aromatic nitrogens is 1. The van der Waals surface area contributed by atoms with Crippen LogP contribution in [0.25, 0.3) is 0 Å². The molecule has 2 N–H and O–H groups in total. The summed E-state index contributed by atoms with van der Waals surface area (Å²) in [6.45, 7) is 0. The van der Waals surface area contributed by atoms with E-state index < -0.39 is 5.97 Å². The minimum atomic E-state index is -0.991. The summed E-state index contributed by atoms with van der Waals surface area (Å²) < 4.78 is 0. The van der Waals surface area contributed by atoms with E-state index in [-0.39, 0.29) is 11.5 Å². The first-order valence-corrected chi connectivity index (χ1v) is 14.4. The Morgan fingerprint density at radius 3 is 2.37 bits per heavy atom. The zero-order chi connectivity index (χ0) is 24.0. The van der Waals surface area contributed by atoms with Crippen molar-refractivity contribution in [2.75, 3.05) is 5.32 Å². The van der Waals surface area contributed by atoms with Crippen molar-refractivity contribution in [3.63, 3.8) is 0 Å². The molecule has 7 rings (SSSR count). The van der Waals surface area contributed by atoms with E-state index in [9.17, 15) is 14.7 Å². The second-order valence-electron chi connectivity index (χ2n) is 11.9. The molecule has 0 aliphatic heterocycles. The lowest BCUT2D eigenvalue weighted by Crippen LogP contribution is -2.46. The molecule has 186 valence electrons. The van der Waals surface area contributed by atoms with Crippen molar-refractivity contribution in [1.29, 1.82) is 0 Å². The second-order valence-corrected chi connectivity index (χ2v) is 13.0. The number of hydrogen-bond donors (Lipinski definition) is 2. The number of carbonyl (C=O) groups excluding carboxylic acids is 1. The molecule has 1 amide bonds. The summed E-state index contributed by atoms with van der Waals surface area (Å²) in [5, 5.41) is 13.4. The monoisotopic (exact) mass is 492 g/mol. The number of carbonyl (C=O) groups is 2. The highest BCUT2D eigenvalue weighted by atomic mass is 32.1. The van der Waals surface area contributed by atoms with E-state index in [1.807, 2.05) is 0 Å². The fourth-order valence-electron chi connectivity index (χ4n) is 8.14. The van der Waals surface area contributed by atoms with Crippen LogP contribution in [0.3, 0.4) is 0 Å². The summed E-state index contributed by atoms with van der Waals surface area (Å²) in [6.07, 6.45) is 16.6. The molecule has 5 fully saturated rings. The first kappa shape index (κ1) is 23.2. The zero-order valence-corrected chi connectivity index (χ0v) is 21.2. The van der Waals surface area contributed by atoms with Gasteiger partial charge in [-0.3, -0.25) is 4.79 Å². The third kappa shape index (κ3) is 4.78. The number of nitrogens with one attached hydrogen (secondary N) is 1. The van der Waals surface area contributed by atoms with Crippen molar-refractivity contribution >= 4 is 28.9 Å². The lowest BCUT2D eigenvalue weighted by Gasteiger charge is -2.57. The van der Waals surface area contributed by atoms with Crippen LogP contribution in [0.4, 0.5) is 5.69 Å². The van der Waals surface area contributed by atoms with Gasteiger partial charge in [0.05, 0.1) is 16.3 Å². The van der Waals surface area contributed by atoms with E-state index in [0.717, 1.165) is 46.2 Å². The summed E-state index contributed by atoms with van der Waals surface area (Å²) in [7, 11) is 0. The van der Waals surface area contributed by atoms with Crippen molar-refractivity contribution in [2.24, 2.45) is 23.2 Å². The summed E-state index contributed by atoms with van der Waals surface area (Å²) in [4.78, 5) is 30.7. The smallest absolute Gasteiger partial charge is 0.335 e. The van der Waals surface area contributed by atoms with Crippen LogP contribution in [0.2, 0.25) is 0 Å². The number of rotatable bonds is 7. The molecule has 1 aromatic carbocycles. The molecule has 5 aliphatic rings. The minimum Gasteiger partial charge on any atom is -0.478 e. The standard InChI is InChI=1S/C29H36N2O3S/c32-26(30-23-8-4-7-22(14-23)28(33)34)25-24(31-27(35-25)21-5-2-1-3-6-21)9-10-29-15-18-11-19(16-29)13-20(12-18)17-29/h4,7-8,14,18-21H,1-3,5-6,9-13,15-17H2,(H,30,32)(H,33,34). The number of benzene rings is 1. The molecule has 1 aromatic heterocycles. The Morgan fingerprint density at radius 2 is 1.71 bits per heavy atom. The molecular formula is C29H36N2O3S. The van der Waals surface area contributed by atoms with E-state index in [2.05, 4.69) is 5.32 Å². The number of nitrogens with zero attached hydrogens (tertiary/aromatic N) is 1. The fourth-order valence-corrected chi connectivity index (χ4v) is 9.32. The Morgan fingerprint density at radius 1 is 1.03 bits per heavy atom. The Balaban J connectivity index is 1.24. The van der Waals surface area contributed by atoms with Gasteiger partial charge in [-0.15, -0.1) is 11.3 Å². The highest BCUT2D eigenvalue weighted by Gasteiger charge is 2.50. The van der Waals surface area contributed by atoms with Gasteiger partial charge >= 0.3 is 5.97 Å². The number of aromatic carboxylic acids is 1. The maximum atomic E-state index is 13.4. The normalized spacial score (nSPS) is 29.9. The van der Waals surface area contributed by atoms with Gasteiger partial charge in [0.1, 0.15) is 4.88 Å². The zero-order valence-electron chi connectivity index (χ0n) is 20.4. The van der Waals surface area contributed by atoms with Crippen LogP contribution < -0.4 is 5.32 Å². The average Bonchev–Trinajstić information content (AvgIpc) is 3.27. The molecule has 5 nitrogen and oxygen atoms in total. The Kier molecular flexibility index (Phi) is 6.20. The molecule has 0 spiro atoms. The van der Waals surface area contributed by atoms with E-state index in [1.165, 1.54) is 76.7 Å². The summed E-state index contributed by atoms with van der Waals surface area (Å²) in [5.74, 6) is 2.13. The quantitative estimate of drug-likeness (QED) is 0.425. The number of thiazole rings is 1. The maximum Gasteiger partial charge on any atom is 0.335 e. The van der Waals surface area contributed by atoms with Gasteiger partial charge in [0.15, 0.2) is 0 Å². The lowest BCUT2D eigenvalue weighted by molar-refractivity contribution is -0.0570. The van der Waals surface area contributed by atoms with Gasteiger partial charge in [-0.2, -0.15) is 0 Å². The molecule has 0 radical (unpaired) electrons. The van der Waals surface area contributed by atoms with E-state index in [1.54, 1.807) is 29.5 Å². The van der Waals surface area contributed by atoms with Crippen LogP contribution >= 0.6 is 11.3 Å². The van der Waals surface area contributed by atoms with Crippen LogP contribution in [0.15, 0.2) is 24.3 Å². The summed E-state index contributed by atoms with van der Waals surface area (Å²) >= 11 is 1.58. The first-order valence-electron chi connectivity index (χ1n) is 13.6. The van der Waals surface area contributed by atoms with Crippen LogP contribution in [0.5, 0.6) is 0 Å². The second kappa shape index (κ2) is 9.34. The third-order valence-corrected chi connectivity index (χ3v) is 10.6. The topological polar surface area (TPSA) is 79.3 Å². The largest absolute Gasteiger partial charge is 0.478 e.